The van der Waals surface area contributed by atoms with Crippen LogP contribution in [-0.2, 0) is 10.1 Å². The highest BCUT2D eigenvalue weighted by Crippen LogP contribution is 2.20. The van der Waals surface area contributed by atoms with Gasteiger partial charge in [0.25, 0.3) is 10.1 Å². The molecule has 0 saturated carbocycles. The van der Waals surface area contributed by atoms with Gasteiger partial charge in [0.2, 0.25) is 0 Å². The molecule has 0 aliphatic heterocycles. The van der Waals surface area contributed by atoms with E-state index in [0.29, 0.717) is 5.25 Å². The summed E-state index contributed by atoms with van der Waals surface area (Å²) in [6.45, 7) is 13.6. The Balaban J connectivity index is 0.000000370. The summed E-state index contributed by atoms with van der Waals surface area (Å²) in [6.07, 6.45) is 2.08. The number of thioether (sulfide) groups is 1. The molecule has 0 radical (unpaired) electrons. The molecular formula is C15H22O3S2. The maximum Gasteiger partial charge on any atom is 0.294 e. The summed E-state index contributed by atoms with van der Waals surface area (Å²) in [6, 6.07) is 5.99. The first-order valence-electron chi connectivity index (χ1n) is 5.97. The second kappa shape index (κ2) is 8.29. The quantitative estimate of drug-likeness (QED) is 0.671. The molecule has 112 valence electrons. The highest BCUT2D eigenvalue weighted by Gasteiger charge is 2.07. The summed E-state index contributed by atoms with van der Waals surface area (Å²) in [4.78, 5) is -0.0666. The molecule has 1 aromatic carbocycles. The van der Waals surface area contributed by atoms with Gasteiger partial charge in [-0.25, -0.2) is 0 Å². The van der Waals surface area contributed by atoms with Crippen LogP contribution in [0.25, 0.3) is 0 Å². The third-order valence-electron chi connectivity index (χ3n) is 2.45. The molecule has 0 saturated heterocycles. The maximum absolute atomic E-state index is 10.5. The Labute approximate surface area is 126 Å². The van der Waals surface area contributed by atoms with Gasteiger partial charge < -0.3 is 0 Å². The van der Waals surface area contributed by atoms with Crippen molar-refractivity contribution in [2.24, 2.45) is 0 Å². The molecule has 0 aliphatic rings. The van der Waals surface area contributed by atoms with Crippen molar-refractivity contribution in [3.8, 4) is 0 Å². The van der Waals surface area contributed by atoms with E-state index in [-0.39, 0.29) is 4.90 Å². The first kappa shape index (κ1) is 19.0. The van der Waals surface area contributed by atoms with Gasteiger partial charge in [-0.05, 0) is 39.2 Å². The summed E-state index contributed by atoms with van der Waals surface area (Å²) < 4.78 is 29.6. The van der Waals surface area contributed by atoms with Gasteiger partial charge in [-0.2, -0.15) is 20.2 Å². The van der Waals surface area contributed by atoms with Crippen LogP contribution < -0.4 is 0 Å². The summed E-state index contributed by atoms with van der Waals surface area (Å²) in [7, 11) is -4.02. The van der Waals surface area contributed by atoms with Gasteiger partial charge in [0.1, 0.15) is 0 Å². The highest BCUT2D eigenvalue weighted by atomic mass is 32.2. The minimum atomic E-state index is -4.02. The molecule has 1 N–H and O–H groups in total. The summed E-state index contributed by atoms with van der Waals surface area (Å²) in [5.41, 5.74) is 3.34. The Morgan fingerprint density at radius 3 is 1.75 bits per heavy atom. The molecule has 0 aromatic heterocycles. The molecule has 1 rings (SSSR count). The van der Waals surface area contributed by atoms with Crippen molar-refractivity contribution >= 4 is 21.9 Å². The Bertz CT molecular complexity index is 543. The lowest BCUT2D eigenvalue weighted by Gasteiger charge is -2.12. The first-order valence-corrected chi connectivity index (χ1v) is 8.70. The number of aryl methyl sites for hydroxylation is 1. The van der Waals surface area contributed by atoms with E-state index in [1.54, 1.807) is 23.9 Å². The lowest BCUT2D eigenvalue weighted by molar-refractivity contribution is 0.483. The smallest absolute Gasteiger partial charge is 0.282 e. The van der Waals surface area contributed by atoms with E-state index in [2.05, 4.69) is 19.4 Å². The van der Waals surface area contributed by atoms with Crippen molar-refractivity contribution in [3.05, 3.63) is 54.1 Å². The fourth-order valence-corrected chi connectivity index (χ4v) is 2.82. The predicted molar refractivity (Wildman–Crippen MR) is 87.9 cm³/mol. The summed E-state index contributed by atoms with van der Waals surface area (Å²) >= 11 is 1.79. The monoisotopic (exact) mass is 314 g/mol. The lowest BCUT2D eigenvalue weighted by Crippen LogP contribution is -2.02. The molecule has 0 bridgehead atoms. The Morgan fingerprint density at radius 1 is 1.15 bits per heavy atom. The van der Waals surface area contributed by atoms with Crippen LogP contribution in [0.1, 0.15) is 19.4 Å². The fourth-order valence-electron chi connectivity index (χ4n) is 1.53. The molecule has 3 nitrogen and oxygen atoms in total. The predicted octanol–water partition coefficient (Wildman–Crippen LogP) is 4.11. The van der Waals surface area contributed by atoms with Gasteiger partial charge in [-0.15, -0.1) is 0 Å². The van der Waals surface area contributed by atoms with E-state index in [0.717, 1.165) is 5.56 Å². The Morgan fingerprint density at radius 2 is 1.55 bits per heavy atom. The molecule has 0 fully saturated rings. The van der Waals surface area contributed by atoms with Crippen LogP contribution in [0.2, 0.25) is 0 Å². The second-order valence-electron chi connectivity index (χ2n) is 4.60. The van der Waals surface area contributed by atoms with E-state index < -0.39 is 10.1 Å². The molecule has 0 atom stereocenters. The molecule has 20 heavy (non-hydrogen) atoms. The number of rotatable bonds is 4. The third-order valence-corrected chi connectivity index (χ3v) is 4.59. The second-order valence-corrected chi connectivity index (χ2v) is 6.96. The summed E-state index contributed by atoms with van der Waals surface area (Å²) in [5.74, 6) is 0. The van der Waals surface area contributed by atoms with Gasteiger partial charge in [0.05, 0.1) is 4.90 Å². The first-order chi connectivity index (χ1) is 9.09. The van der Waals surface area contributed by atoms with Crippen LogP contribution in [0.3, 0.4) is 0 Å². The van der Waals surface area contributed by atoms with Crippen LogP contribution in [0.15, 0.2) is 53.5 Å². The molecular weight excluding hydrogens is 292 g/mol. The maximum atomic E-state index is 10.5. The molecule has 0 heterocycles. The number of benzene rings is 1. The van der Waals surface area contributed by atoms with Crippen molar-refractivity contribution < 1.29 is 13.0 Å². The molecule has 0 aliphatic carbocycles. The van der Waals surface area contributed by atoms with Crippen LogP contribution in [0.5, 0.6) is 0 Å². The van der Waals surface area contributed by atoms with Crippen molar-refractivity contribution in [1.29, 1.82) is 0 Å². The fraction of sp³-hybridized carbons (Fsp3) is 0.333. The third kappa shape index (κ3) is 6.93. The summed E-state index contributed by atoms with van der Waals surface area (Å²) in [5, 5.41) is 0.449. The number of hydrogen-bond donors (Lipinski definition) is 1. The zero-order chi connectivity index (χ0) is 15.9. The van der Waals surface area contributed by atoms with Crippen molar-refractivity contribution in [2.75, 3.05) is 6.26 Å². The average Bonchev–Trinajstić information content (AvgIpc) is 2.28. The largest absolute Gasteiger partial charge is 0.294 e. The van der Waals surface area contributed by atoms with Crippen LogP contribution >= 0.6 is 11.8 Å². The van der Waals surface area contributed by atoms with Gasteiger partial charge in [-0.3, -0.25) is 4.55 Å². The minimum absolute atomic E-state index is 0.0666. The standard InChI is InChI=1S/C8H14S.C7H8O3S/c1-6(2)8(9-5)7(3)4;1-6-2-4-7(5-3-6)11(8,9)10/h8H,1,3H2,2,4-5H3;2-5H,1H3,(H,8,9,10). The van der Waals surface area contributed by atoms with E-state index in [9.17, 15) is 8.42 Å². The van der Waals surface area contributed by atoms with Crippen molar-refractivity contribution in [1.82, 2.24) is 0 Å². The Kier molecular flexibility index (Phi) is 7.86. The van der Waals surface area contributed by atoms with Gasteiger partial charge >= 0.3 is 0 Å². The van der Waals surface area contributed by atoms with Crippen molar-refractivity contribution in [3.63, 3.8) is 0 Å². The average molecular weight is 314 g/mol. The van der Waals surface area contributed by atoms with Gasteiger partial charge in [0, 0.05) is 5.25 Å². The van der Waals surface area contributed by atoms with E-state index in [4.69, 9.17) is 4.55 Å². The molecule has 1 aromatic rings. The molecule has 5 heteroatoms. The molecule has 0 amide bonds. The van der Waals surface area contributed by atoms with Crippen molar-refractivity contribution in [2.45, 2.75) is 30.9 Å². The SMILES string of the molecule is C=C(C)C(SC)C(=C)C.Cc1ccc(S(=O)(=O)O)cc1. The van der Waals surface area contributed by atoms with Gasteiger partial charge in [-0.1, -0.05) is 42.0 Å². The molecule has 0 spiro atoms. The van der Waals surface area contributed by atoms with E-state index in [1.165, 1.54) is 23.3 Å². The van der Waals surface area contributed by atoms with Crippen LogP contribution in [0.4, 0.5) is 0 Å². The molecule has 0 unspecified atom stereocenters. The van der Waals surface area contributed by atoms with E-state index in [1.807, 2.05) is 20.8 Å². The topological polar surface area (TPSA) is 54.4 Å². The van der Waals surface area contributed by atoms with Crippen LogP contribution in [-0.4, -0.2) is 24.5 Å². The minimum Gasteiger partial charge on any atom is -0.282 e. The lowest BCUT2D eigenvalue weighted by atomic mass is 10.1. The highest BCUT2D eigenvalue weighted by molar-refractivity contribution is 7.99. The normalized spacial score (nSPS) is 10.7. The Hall–Kier alpha value is -1.04. The van der Waals surface area contributed by atoms with Crippen LogP contribution in [0, 0.1) is 6.92 Å². The van der Waals surface area contributed by atoms with E-state index >= 15 is 0 Å². The number of hydrogen-bond acceptors (Lipinski definition) is 3. The van der Waals surface area contributed by atoms with Gasteiger partial charge in [0.15, 0.2) is 0 Å². The zero-order valence-electron chi connectivity index (χ0n) is 12.4. The zero-order valence-corrected chi connectivity index (χ0v) is 14.0.